The smallest absolute Gasteiger partial charge is 0.336 e. The Morgan fingerprint density at radius 2 is 1.58 bits per heavy atom. The molecule has 0 saturated heterocycles. The predicted molar refractivity (Wildman–Crippen MR) is 188 cm³/mol. The van der Waals surface area contributed by atoms with Gasteiger partial charge in [0.1, 0.15) is 0 Å². The molecule has 2 amide bonds. The molecule has 0 heterocycles. The van der Waals surface area contributed by atoms with Crippen molar-refractivity contribution in [3.63, 3.8) is 0 Å². The van der Waals surface area contributed by atoms with Gasteiger partial charge in [0.2, 0.25) is 0 Å². The Morgan fingerprint density at radius 1 is 0.875 bits per heavy atom. The largest absolute Gasteiger partial charge is 0.490 e. The highest BCUT2D eigenvalue weighted by atomic mass is 79.9. The van der Waals surface area contributed by atoms with Crippen LogP contribution in [0.3, 0.4) is 0 Å². The van der Waals surface area contributed by atoms with Crippen molar-refractivity contribution < 1.29 is 33.5 Å². The van der Waals surface area contributed by atoms with Gasteiger partial charge in [0.25, 0.3) is 17.5 Å². The summed E-state index contributed by atoms with van der Waals surface area (Å²) in [6, 6.07) is 20.2. The van der Waals surface area contributed by atoms with Gasteiger partial charge in [-0.25, -0.2) is 10.2 Å². The van der Waals surface area contributed by atoms with Gasteiger partial charge in [-0.3, -0.25) is 19.7 Å². The molecule has 0 aromatic heterocycles. The molecule has 0 unspecified atom stereocenters. The number of halogens is 2. The highest BCUT2D eigenvalue weighted by molar-refractivity contribution is 9.11. The third-order valence-electron chi connectivity index (χ3n) is 6.31. The number of benzene rings is 4. The summed E-state index contributed by atoms with van der Waals surface area (Å²) in [5, 5.41) is 17.7. The van der Waals surface area contributed by atoms with Crippen LogP contribution in [0.1, 0.15) is 45.7 Å². The number of carbonyl (C=O) groups excluding carboxylic acids is 3. The third kappa shape index (κ3) is 9.83. The van der Waals surface area contributed by atoms with E-state index in [1.807, 2.05) is 13.8 Å². The van der Waals surface area contributed by atoms with Crippen LogP contribution in [0.5, 0.6) is 17.2 Å². The summed E-state index contributed by atoms with van der Waals surface area (Å²) in [6.07, 6.45) is 3.95. The first-order valence-corrected chi connectivity index (χ1v) is 15.9. The van der Waals surface area contributed by atoms with Gasteiger partial charge < -0.3 is 19.5 Å². The van der Waals surface area contributed by atoms with Crippen LogP contribution in [0.4, 0.5) is 11.4 Å². The average molecular weight is 780 g/mol. The number of hydrogen-bond acceptors (Lipinski definition) is 9. The first-order valence-electron chi connectivity index (χ1n) is 14.4. The molecule has 0 radical (unpaired) electrons. The molecule has 0 aliphatic carbocycles. The number of rotatable bonds is 13. The number of esters is 1. The van der Waals surface area contributed by atoms with Gasteiger partial charge >= 0.3 is 5.97 Å². The number of hydrogen-bond donors (Lipinski definition) is 2. The number of nitro groups is 1. The molecular weight excluding hydrogens is 752 g/mol. The number of anilines is 1. The van der Waals surface area contributed by atoms with Gasteiger partial charge in [0, 0.05) is 45.1 Å². The van der Waals surface area contributed by atoms with E-state index in [0.717, 1.165) is 0 Å². The Balaban J connectivity index is 1.42. The molecule has 0 aliphatic heterocycles. The molecule has 4 rings (SSSR count). The molecule has 4 aromatic carbocycles. The zero-order valence-electron chi connectivity index (χ0n) is 25.6. The molecule has 0 bridgehead atoms. The minimum absolute atomic E-state index is 0.0687. The minimum Gasteiger partial charge on any atom is -0.490 e. The lowest BCUT2D eigenvalue weighted by Gasteiger charge is -2.13. The first-order chi connectivity index (χ1) is 23.1. The van der Waals surface area contributed by atoms with E-state index < -0.39 is 22.7 Å². The molecule has 0 aliphatic rings. The van der Waals surface area contributed by atoms with Gasteiger partial charge in [0.15, 0.2) is 17.2 Å². The lowest BCUT2D eigenvalue weighted by molar-refractivity contribution is -0.384. The highest BCUT2D eigenvalue weighted by Gasteiger charge is 2.15. The van der Waals surface area contributed by atoms with Crippen LogP contribution in [0.2, 0.25) is 0 Å². The van der Waals surface area contributed by atoms with Crippen molar-refractivity contribution >= 4 is 73.3 Å². The molecule has 0 saturated carbocycles. The minimum atomic E-state index is -0.715. The second-order valence-electron chi connectivity index (χ2n) is 9.67. The molecule has 14 heteroatoms. The van der Waals surface area contributed by atoms with E-state index in [-0.39, 0.29) is 17.0 Å². The summed E-state index contributed by atoms with van der Waals surface area (Å²) in [5.74, 6) is -0.547. The molecule has 2 N–H and O–H groups in total. The molecule has 0 atom stereocenters. The average Bonchev–Trinajstić information content (AvgIpc) is 3.06. The van der Waals surface area contributed by atoms with Gasteiger partial charge in [-0.2, -0.15) is 5.10 Å². The van der Waals surface area contributed by atoms with Crippen molar-refractivity contribution in [1.82, 2.24) is 5.43 Å². The van der Waals surface area contributed by atoms with E-state index in [2.05, 4.69) is 47.7 Å². The van der Waals surface area contributed by atoms with Crippen molar-refractivity contribution in [1.29, 1.82) is 0 Å². The number of carbonyl (C=O) groups is 3. The maximum Gasteiger partial charge on any atom is 0.336 e. The lowest BCUT2D eigenvalue weighted by atomic mass is 10.1. The van der Waals surface area contributed by atoms with Crippen LogP contribution in [0.15, 0.2) is 99.0 Å². The molecular formula is C34H28Br2N4O8. The fourth-order valence-electron chi connectivity index (χ4n) is 4.15. The number of nitro benzene ring substituents is 1. The Hall–Kier alpha value is -5.34. The highest BCUT2D eigenvalue weighted by Crippen LogP contribution is 2.32. The second kappa shape index (κ2) is 17.0. The number of hydrazone groups is 1. The molecule has 0 fully saturated rings. The van der Waals surface area contributed by atoms with Crippen molar-refractivity contribution in [2.75, 3.05) is 18.5 Å². The van der Waals surface area contributed by atoms with Gasteiger partial charge in [-0.15, -0.1) is 0 Å². The van der Waals surface area contributed by atoms with Crippen molar-refractivity contribution in [3.8, 4) is 17.2 Å². The fraction of sp³-hybridized carbons (Fsp3) is 0.118. The van der Waals surface area contributed by atoms with Crippen LogP contribution >= 0.6 is 31.9 Å². The second-order valence-corrected chi connectivity index (χ2v) is 11.4. The van der Waals surface area contributed by atoms with E-state index in [1.165, 1.54) is 48.7 Å². The maximum absolute atomic E-state index is 13.0. The Kier molecular flexibility index (Phi) is 12.6. The Morgan fingerprint density at radius 3 is 2.29 bits per heavy atom. The van der Waals surface area contributed by atoms with Crippen LogP contribution in [-0.2, 0) is 4.79 Å². The summed E-state index contributed by atoms with van der Waals surface area (Å²) in [4.78, 5) is 48.8. The summed E-state index contributed by atoms with van der Waals surface area (Å²) < 4.78 is 17.8. The van der Waals surface area contributed by atoms with Crippen molar-refractivity contribution in [3.05, 3.63) is 126 Å². The Labute approximate surface area is 292 Å². The van der Waals surface area contributed by atoms with E-state index in [9.17, 15) is 24.5 Å². The van der Waals surface area contributed by atoms with Crippen LogP contribution in [0, 0.1) is 10.1 Å². The van der Waals surface area contributed by atoms with E-state index in [1.54, 1.807) is 48.5 Å². The van der Waals surface area contributed by atoms with Crippen LogP contribution in [0.25, 0.3) is 6.08 Å². The Bertz CT molecular complexity index is 1890. The van der Waals surface area contributed by atoms with E-state index in [4.69, 9.17) is 14.2 Å². The SMILES string of the molecule is CCOc1ccc(C(=O)Nc2cccc(C(=O)NN=Cc3cc(Br)cc(Br)c3OC(=O)/C=C/c3ccc([N+](=O)[O-])cc3)c2)cc1OCC. The lowest BCUT2D eigenvalue weighted by Crippen LogP contribution is -2.18. The summed E-state index contributed by atoms with van der Waals surface area (Å²) >= 11 is 6.76. The molecule has 12 nitrogen and oxygen atoms in total. The first kappa shape index (κ1) is 35.5. The molecule has 48 heavy (non-hydrogen) atoms. The number of amides is 2. The van der Waals surface area contributed by atoms with Gasteiger partial charge in [-0.05, 0) is 102 Å². The normalized spacial score (nSPS) is 10.9. The number of nitrogens with zero attached hydrogens (tertiary/aromatic N) is 2. The van der Waals surface area contributed by atoms with Gasteiger partial charge in [0.05, 0.1) is 28.8 Å². The van der Waals surface area contributed by atoms with Crippen LogP contribution < -0.4 is 25.0 Å². The number of ether oxygens (including phenoxy) is 3. The fourth-order valence-corrected chi connectivity index (χ4v) is 5.49. The van der Waals surface area contributed by atoms with Crippen molar-refractivity contribution in [2.24, 2.45) is 5.10 Å². The van der Waals surface area contributed by atoms with Crippen LogP contribution in [-0.4, -0.2) is 42.1 Å². The van der Waals surface area contributed by atoms with Crippen molar-refractivity contribution in [2.45, 2.75) is 13.8 Å². The molecule has 4 aromatic rings. The maximum atomic E-state index is 13.0. The van der Waals surface area contributed by atoms with E-state index in [0.29, 0.717) is 56.0 Å². The van der Waals surface area contributed by atoms with Gasteiger partial charge in [-0.1, -0.05) is 22.0 Å². The molecule has 0 spiro atoms. The molecule has 246 valence electrons. The standard InChI is InChI=1S/C34H28Br2N4O8/c1-3-46-29-14-11-23(18-30(29)47-4-2)33(42)38-26-7-5-6-22(17-26)34(43)39-37-20-24-16-25(35)19-28(36)32(24)48-31(41)15-10-21-8-12-27(13-9-21)40(44)45/h5-20H,3-4H2,1-2H3,(H,38,42)(H,39,43)/b15-10+,37-20?. The number of nitrogens with one attached hydrogen (secondary N) is 2. The topological polar surface area (TPSA) is 158 Å². The summed E-state index contributed by atoms with van der Waals surface area (Å²) in [7, 11) is 0. The van der Waals surface area contributed by atoms with E-state index >= 15 is 0 Å². The zero-order chi connectivity index (χ0) is 34.6. The quantitative estimate of drug-likeness (QED) is 0.0352. The zero-order valence-corrected chi connectivity index (χ0v) is 28.7. The monoisotopic (exact) mass is 778 g/mol. The summed E-state index contributed by atoms with van der Waals surface area (Å²) in [6.45, 7) is 4.54. The third-order valence-corrected chi connectivity index (χ3v) is 7.36. The predicted octanol–water partition coefficient (Wildman–Crippen LogP) is 7.55. The summed E-state index contributed by atoms with van der Waals surface area (Å²) in [5.41, 5.74) is 4.24. The number of non-ortho nitro benzene ring substituents is 1.